The van der Waals surface area contributed by atoms with E-state index >= 15 is 0 Å². The third-order valence-corrected chi connectivity index (χ3v) is 5.71. The van der Waals surface area contributed by atoms with Crippen molar-refractivity contribution in [2.75, 3.05) is 24.6 Å². The minimum atomic E-state index is -0.366. The quantitative estimate of drug-likeness (QED) is 0.199. The molecule has 0 atom stereocenters. The third-order valence-electron chi connectivity index (χ3n) is 5.27. The molecule has 9 heteroatoms. The average molecular weight is 495 g/mol. The van der Waals surface area contributed by atoms with Crippen molar-refractivity contribution in [2.24, 2.45) is 0 Å². The zero-order chi connectivity index (χ0) is 24.2. The first-order chi connectivity index (χ1) is 16.4. The summed E-state index contributed by atoms with van der Waals surface area (Å²) in [4.78, 5) is 37.7. The normalized spacial score (nSPS) is 11.0. The number of thiol groups is 2. The number of phenolic OH excluding ortho intramolecular Hbond substituents is 1. The van der Waals surface area contributed by atoms with Crippen LogP contribution in [0.3, 0.4) is 0 Å². The van der Waals surface area contributed by atoms with Gasteiger partial charge in [-0.05, 0) is 42.0 Å². The van der Waals surface area contributed by atoms with Crippen molar-refractivity contribution >= 4 is 48.0 Å². The molecule has 34 heavy (non-hydrogen) atoms. The number of hydrogen-bond donors (Lipinski definition) is 5. The number of carbonyl (C=O) groups is 2. The van der Waals surface area contributed by atoms with E-state index in [-0.39, 0.29) is 28.6 Å². The Bertz CT molecular complexity index is 1420. The number of hydrogen-bond acceptors (Lipinski definition) is 7. The van der Waals surface area contributed by atoms with Crippen molar-refractivity contribution in [1.29, 1.82) is 0 Å². The smallest absolute Gasteiger partial charge is 0.251 e. The van der Waals surface area contributed by atoms with Crippen LogP contribution in [0.5, 0.6) is 5.75 Å². The van der Waals surface area contributed by atoms with Gasteiger partial charge in [-0.3, -0.25) is 14.4 Å². The molecular weight excluding hydrogens is 472 g/mol. The molecule has 1 aliphatic carbocycles. The van der Waals surface area contributed by atoms with Gasteiger partial charge in [0.1, 0.15) is 17.1 Å². The standard InChI is InChI=1S/C25H22N2O5S2/c28-15-2-5-18-21(12-15)32-22-13-16(29)3-6-19(22)23(18)17-4-1-14(24(30)26-7-9-33)11-20(17)25(31)27-8-10-34/h1-6,11-13,28,33-34H,7-10H2,(H,26,30)(H,27,31). The maximum atomic E-state index is 13.2. The van der Waals surface area contributed by atoms with Crippen molar-refractivity contribution < 1.29 is 19.1 Å². The van der Waals surface area contributed by atoms with Gasteiger partial charge in [0.2, 0.25) is 0 Å². The second-order valence-electron chi connectivity index (χ2n) is 7.53. The van der Waals surface area contributed by atoms with E-state index in [1.165, 1.54) is 24.3 Å². The van der Waals surface area contributed by atoms with E-state index in [9.17, 15) is 19.5 Å². The van der Waals surface area contributed by atoms with E-state index in [0.29, 0.717) is 63.6 Å². The second kappa shape index (κ2) is 10.2. The summed E-state index contributed by atoms with van der Waals surface area (Å²) >= 11 is 8.27. The van der Waals surface area contributed by atoms with Crippen LogP contribution in [-0.2, 0) is 0 Å². The summed E-state index contributed by atoms with van der Waals surface area (Å²) in [6, 6.07) is 14.0. The van der Waals surface area contributed by atoms with Crippen LogP contribution in [0.1, 0.15) is 20.7 Å². The largest absolute Gasteiger partial charge is 0.508 e. The van der Waals surface area contributed by atoms with Gasteiger partial charge in [-0.1, -0.05) is 6.07 Å². The van der Waals surface area contributed by atoms with E-state index in [1.54, 1.807) is 30.3 Å². The molecule has 0 spiro atoms. The summed E-state index contributed by atoms with van der Waals surface area (Å²) in [6.07, 6.45) is 0. The number of phenols is 1. The highest BCUT2D eigenvalue weighted by Crippen LogP contribution is 2.42. The van der Waals surface area contributed by atoms with Crippen LogP contribution >= 0.6 is 25.3 Å². The minimum absolute atomic E-state index is 0.00258. The summed E-state index contributed by atoms with van der Waals surface area (Å²) in [5.74, 6) is 0.571. The molecule has 2 amide bonds. The molecule has 0 unspecified atom stereocenters. The Hall–Kier alpha value is -3.43. The molecule has 1 aliphatic heterocycles. The highest BCUT2D eigenvalue weighted by molar-refractivity contribution is 7.80. The van der Waals surface area contributed by atoms with Gasteiger partial charge in [0.25, 0.3) is 11.8 Å². The third kappa shape index (κ3) is 4.76. The van der Waals surface area contributed by atoms with Gasteiger partial charge < -0.3 is 20.2 Å². The van der Waals surface area contributed by atoms with Crippen LogP contribution in [0.4, 0.5) is 0 Å². The monoisotopic (exact) mass is 494 g/mol. The number of fused-ring (bicyclic) bond motifs is 2. The Kier molecular flexibility index (Phi) is 7.14. The number of benzene rings is 3. The fourth-order valence-electron chi connectivity index (χ4n) is 3.78. The van der Waals surface area contributed by atoms with Crippen LogP contribution < -0.4 is 16.1 Å². The zero-order valence-corrected chi connectivity index (χ0v) is 19.8. The Labute approximate surface area is 206 Å². The van der Waals surface area contributed by atoms with Gasteiger partial charge >= 0.3 is 0 Å². The maximum Gasteiger partial charge on any atom is 0.251 e. The molecular formula is C25H22N2O5S2. The van der Waals surface area contributed by atoms with Crippen LogP contribution in [0.2, 0.25) is 0 Å². The summed E-state index contributed by atoms with van der Waals surface area (Å²) in [5, 5.41) is 16.2. The first-order valence-corrected chi connectivity index (χ1v) is 11.8. The van der Waals surface area contributed by atoms with Crippen molar-refractivity contribution in [3.05, 3.63) is 75.9 Å². The first kappa shape index (κ1) is 23.7. The van der Waals surface area contributed by atoms with Crippen molar-refractivity contribution in [1.82, 2.24) is 10.6 Å². The van der Waals surface area contributed by atoms with Gasteiger partial charge in [0.15, 0.2) is 5.43 Å². The molecule has 0 aromatic heterocycles. The Morgan fingerprint density at radius 1 is 0.853 bits per heavy atom. The summed E-state index contributed by atoms with van der Waals surface area (Å²) < 4.78 is 5.90. The molecule has 3 N–H and O–H groups in total. The SMILES string of the molecule is O=C(NCCS)c1ccc(-c2c3ccc(=O)cc-3oc3cc(O)ccc23)c(C(=O)NCCS)c1. The lowest BCUT2D eigenvalue weighted by Gasteiger charge is -2.18. The predicted molar refractivity (Wildman–Crippen MR) is 139 cm³/mol. The molecule has 174 valence electrons. The minimum Gasteiger partial charge on any atom is -0.508 e. The van der Waals surface area contributed by atoms with Crippen LogP contribution in [0.25, 0.3) is 33.4 Å². The van der Waals surface area contributed by atoms with Gasteiger partial charge in [-0.25, -0.2) is 0 Å². The molecule has 0 radical (unpaired) electrons. The average Bonchev–Trinajstić information content (AvgIpc) is 2.83. The molecule has 1 heterocycles. The van der Waals surface area contributed by atoms with Crippen LogP contribution in [0.15, 0.2) is 63.8 Å². The molecule has 7 nitrogen and oxygen atoms in total. The summed E-state index contributed by atoms with van der Waals surface area (Å²) in [6.45, 7) is 0.734. The van der Waals surface area contributed by atoms with Gasteiger partial charge in [-0.15, -0.1) is 0 Å². The zero-order valence-electron chi connectivity index (χ0n) is 18.0. The number of aromatic hydroxyl groups is 1. The Balaban J connectivity index is 2.00. The van der Waals surface area contributed by atoms with Crippen LogP contribution in [-0.4, -0.2) is 41.5 Å². The van der Waals surface area contributed by atoms with Gasteiger partial charge in [0, 0.05) is 64.4 Å². The Morgan fingerprint density at radius 3 is 2.29 bits per heavy atom. The maximum absolute atomic E-state index is 13.2. The van der Waals surface area contributed by atoms with Crippen molar-refractivity contribution in [3.8, 4) is 28.2 Å². The highest BCUT2D eigenvalue weighted by Gasteiger charge is 2.23. The molecule has 2 aliphatic rings. The number of carbonyl (C=O) groups excluding carboxylic acids is 2. The fraction of sp³-hybridized carbons (Fsp3) is 0.160. The topological polar surface area (TPSA) is 109 Å². The van der Waals surface area contributed by atoms with E-state index in [2.05, 4.69) is 35.9 Å². The lowest BCUT2D eigenvalue weighted by atomic mass is 9.89. The number of nitrogens with one attached hydrogen (secondary N) is 2. The molecule has 2 aromatic rings. The fourth-order valence-corrected chi connectivity index (χ4v) is 4.00. The van der Waals surface area contributed by atoms with E-state index in [0.717, 1.165) is 0 Å². The molecule has 4 rings (SSSR count). The lowest BCUT2D eigenvalue weighted by molar-refractivity contribution is 0.0955. The first-order valence-electron chi connectivity index (χ1n) is 10.5. The van der Waals surface area contributed by atoms with Crippen molar-refractivity contribution in [3.63, 3.8) is 0 Å². The predicted octanol–water partition coefficient (Wildman–Crippen LogP) is 3.59. The number of rotatable bonds is 7. The highest BCUT2D eigenvalue weighted by atomic mass is 32.1. The van der Waals surface area contributed by atoms with Crippen molar-refractivity contribution in [2.45, 2.75) is 0 Å². The molecule has 2 aromatic carbocycles. The molecule has 0 saturated heterocycles. The molecule has 0 saturated carbocycles. The Morgan fingerprint density at radius 2 is 1.56 bits per heavy atom. The van der Waals surface area contributed by atoms with Crippen LogP contribution in [0, 0.1) is 0 Å². The summed E-state index contributed by atoms with van der Waals surface area (Å²) in [7, 11) is 0. The lowest BCUT2D eigenvalue weighted by Crippen LogP contribution is -2.28. The van der Waals surface area contributed by atoms with Gasteiger partial charge in [-0.2, -0.15) is 25.3 Å². The second-order valence-corrected chi connectivity index (χ2v) is 8.43. The molecule has 0 fully saturated rings. The van der Waals surface area contributed by atoms with E-state index < -0.39 is 0 Å². The molecule has 0 bridgehead atoms. The number of amides is 2. The van der Waals surface area contributed by atoms with Gasteiger partial charge in [0.05, 0.1) is 0 Å². The van der Waals surface area contributed by atoms with E-state index in [1.807, 2.05) is 0 Å². The van der Waals surface area contributed by atoms with E-state index in [4.69, 9.17) is 4.42 Å². The summed E-state index contributed by atoms with van der Waals surface area (Å²) in [5.41, 5.74) is 2.55.